The summed E-state index contributed by atoms with van der Waals surface area (Å²) in [6.07, 6.45) is 16.7. The highest BCUT2D eigenvalue weighted by Gasteiger charge is 2.68. The molecule has 0 heterocycles. The summed E-state index contributed by atoms with van der Waals surface area (Å²) < 4.78 is 6.51. The highest BCUT2D eigenvalue weighted by atomic mass is 16.5. The zero-order chi connectivity index (χ0) is 29.3. The predicted molar refractivity (Wildman–Crippen MR) is 169 cm³/mol. The number of fused-ring (bicyclic) bond motifs is 7. The largest absolute Gasteiger partial charge is 0.493 e. The molecule has 5 aliphatic carbocycles. The summed E-state index contributed by atoms with van der Waals surface area (Å²) >= 11 is 0. The maximum atomic E-state index is 9.40. The molecule has 0 aliphatic heterocycles. The molecule has 230 valence electrons. The van der Waals surface area contributed by atoms with Gasteiger partial charge in [0.05, 0.1) is 19.8 Å². The van der Waals surface area contributed by atoms with Gasteiger partial charge in [-0.05, 0) is 122 Å². The molecule has 10 atom stereocenters. The SMILES string of the molecule is C=CCO.CC1C(NCCO)CCC2(C)C1CCC1(C)C2CCC2C3CCCC3(COc3ccccc3)CCC21C. The van der Waals surface area contributed by atoms with Gasteiger partial charge in [0.2, 0.25) is 0 Å². The molecule has 3 N–H and O–H groups in total. The van der Waals surface area contributed by atoms with Crippen molar-refractivity contribution in [3.05, 3.63) is 43.0 Å². The van der Waals surface area contributed by atoms with Crippen LogP contribution >= 0.6 is 0 Å². The van der Waals surface area contributed by atoms with Crippen LogP contribution in [0.5, 0.6) is 5.75 Å². The number of ether oxygens (including phenoxy) is 1. The monoisotopic (exact) mass is 565 g/mol. The Balaban J connectivity index is 0.000000794. The summed E-state index contributed by atoms with van der Waals surface area (Å²) in [7, 11) is 0. The van der Waals surface area contributed by atoms with Crippen molar-refractivity contribution >= 4 is 0 Å². The van der Waals surface area contributed by atoms with Crippen LogP contribution in [0, 0.1) is 51.2 Å². The van der Waals surface area contributed by atoms with E-state index in [9.17, 15) is 5.11 Å². The number of para-hydroxylation sites is 1. The van der Waals surface area contributed by atoms with Gasteiger partial charge in [-0.2, -0.15) is 0 Å². The molecule has 5 aliphatic rings. The van der Waals surface area contributed by atoms with Crippen molar-refractivity contribution in [3.8, 4) is 5.75 Å². The Hall–Kier alpha value is -1.36. The van der Waals surface area contributed by atoms with Gasteiger partial charge in [0.1, 0.15) is 5.75 Å². The minimum absolute atomic E-state index is 0.0833. The maximum absolute atomic E-state index is 9.40. The average Bonchev–Trinajstić information content (AvgIpc) is 3.41. The first-order valence-electron chi connectivity index (χ1n) is 16.9. The fraction of sp³-hybridized carbons (Fsp3) is 0.784. The van der Waals surface area contributed by atoms with Crippen LogP contribution in [0.3, 0.4) is 0 Å². The van der Waals surface area contributed by atoms with Crippen LogP contribution in [-0.4, -0.2) is 42.6 Å². The van der Waals surface area contributed by atoms with Crippen LogP contribution in [-0.2, 0) is 0 Å². The number of rotatable bonds is 7. The third-order valence-electron chi connectivity index (χ3n) is 14.1. The topological polar surface area (TPSA) is 61.7 Å². The van der Waals surface area contributed by atoms with E-state index in [0.29, 0.717) is 33.6 Å². The molecule has 1 aromatic rings. The normalized spacial score (nSPS) is 44.7. The highest BCUT2D eigenvalue weighted by molar-refractivity contribution is 5.22. The first kappa shape index (κ1) is 31.1. The fourth-order valence-corrected chi connectivity index (χ4v) is 11.9. The Labute approximate surface area is 250 Å². The number of aliphatic hydroxyl groups is 2. The van der Waals surface area contributed by atoms with Crippen LogP contribution in [0.4, 0.5) is 0 Å². The quantitative estimate of drug-likeness (QED) is 0.297. The average molecular weight is 566 g/mol. The summed E-state index contributed by atoms with van der Waals surface area (Å²) in [6, 6.07) is 11.1. The lowest BCUT2D eigenvalue weighted by Crippen LogP contribution is -2.65. The van der Waals surface area contributed by atoms with Crippen molar-refractivity contribution in [1.82, 2.24) is 5.32 Å². The maximum Gasteiger partial charge on any atom is 0.119 e. The lowest BCUT2D eigenvalue weighted by atomic mass is 9.33. The summed E-state index contributed by atoms with van der Waals surface area (Å²) in [4.78, 5) is 0. The highest BCUT2D eigenvalue weighted by Crippen LogP contribution is 2.76. The molecule has 0 bridgehead atoms. The van der Waals surface area contributed by atoms with Gasteiger partial charge < -0.3 is 20.3 Å². The zero-order valence-corrected chi connectivity index (χ0v) is 26.5. The van der Waals surface area contributed by atoms with Crippen molar-refractivity contribution < 1.29 is 14.9 Å². The first-order chi connectivity index (χ1) is 19.7. The van der Waals surface area contributed by atoms with E-state index < -0.39 is 0 Å². The predicted octanol–water partition coefficient (Wildman–Crippen LogP) is 7.65. The number of nitrogens with one attached hydrogen (secondary N) is 1. The molecule has 5 fully saturated rings. The molecular formula is C37H59NO3. The van der Waals surface area contributed by atoms with Gasteiger partial charge >= 0.3 is 0 Å². The second-order valence-electron chi connectivity index (χ2n) is 15.3. The van der Waals surface area contributed by atoms with Crippen LogP contribution in [0.15, 0.2) is 43.0 Å². The van der Waals surface area contributed by atoms with Crippen LogP contribution in [0.25, 0.3) is 0 Å². The lowest BCUT2D eigenvalue weighted by Gasteiger charge is -2.72. The molecule has 1 aromatic carbocycles. The van der Waals surface area contributed by atoms with Gasteiger partial charge in [-0.15, -0.1) is 6.58 Å². The second kappa shape index (κ2) is 12.3. The van der Waals surface area contributed by atoms with Crippen LogP contribution in [0.2, 0.25) is 0 Å². The van der Waals surface area contributed by atoms with Crippen molar-refractivity contribution in [2.45, 2.75) is 104 Å². The Morgan fingerprint density at radius 3 is 2.34 bits per heavy atom. The molecule has 0 saturated heterocycles. The minimum atomic E-state index is 0.0833. The molecule has 6 rings (SSSR count). The standard InChI is InChI=1S/C34H53NO2.C3H6O/c1-24-26-14-18-33(4)30(31(26,2)17-15-29(24)35-21-22-36)13-12-27-28-11-8-16-34(28,20-19-32(27,33)3)23-37-25-9-6-5-7-10-25;1-2-3-4/h5-7,9-10,24,26-30,35-36H,8,11-23H2,1-4H3;2,4H,1,3H2. The summed E-state index contributed by atoms with van der Waals surface area (Å²) in [5.41, 5.74) is 1.79. The molecule has 5 saturated carbocycles. The first-order valence-corrected chi connectivity index (χ1v) is 16.9. The number of hydrogen-bond acceptors (Lipinski definition) is 4. The Bertz CT molecular complexity index is 1010. The van der Waals surface area contributed by atoms with E-state index in [1.54, 1.807) is 0 Å². The van der Waals surface area contributed by atoms with Crippen molar-refractivity contribution in [2.24, 2.45) is 51.2 Å². The molecule has 0 spiro atoms. The van der Waals surface area contributed by atoms with Crippen molar-refractivity contribution in [1.29, 1.82) is 0 Å². The fourth-order valence-electron chi connectivity index (χ4n) is 11.9. The molecular weight excluding hydrogens is 506 g/mol. The van der Waals surface area contributed by atoms with E-state index in [2.05, 4.69) is 69.9 Å². The molecule has 0 aromatic heterocycles. The third kappa shape index (κ3) is 5.22. The van der Waals surface area contributed by atoms with E-state index in [0.717, 1.165) is 42.6 Å². The zero-order valence-electron chi connectivity index (χ0n) is 26.5. The Kier molecular flexibility index (Phi) is 9.34. The van der Waals surface area contributed by atoms with Crippen LogP contribution < -0.4 is 10.1 Å². The van der Waals surface area contributed by atoms with Gasteiger partial charge in [0.25, 0.3) is 0 Å². The van der Waals surface area contributed by atoms with E-state index in [4.69, 9.17) is 9.84 Å². The molecule has 0 amide bonds. The van der Waals surface area contributed by atoms with Gasteiger partial charge in [-0.25, -0.2) is 0 Å². The van der Waals surface area contributed by atoms with Gasteiger partial charge in [-0.1, -0.05) is 58.4 Å². The molecule has 4 heteroatoms. The Morgan fingerprint density at radius 2 is 1.63 bits per heavy atom. The molecule has 41 heavy (non-hydrogen) atoms. The van der Waals surface area contributed by atoms with E-state index in [-0.39, 0.29) is 13.2 Å². The second-order valence-corrected chi connectivity index (χ2v) is 15.3. The molecule has 0 radical (unpaired) electrons. The lowest BCUT2D eigenvalue weighted by molar-refractivity contribution is -0.229. The summed E-state index contributed by atoms with van der Waals surface area (Å²) in [5, 5.41) is 20.9. The van der Waals surface area contributed by atoms with Crippen molar-refractivity contribution in [2.75, 3.05) is 26.4 Å². The van der Waals surface area contributed by atoms with E-state index >= 15 is 0 Å². The number of aliphatic hydroxyl groups excluding tert-OH is 2. The Morgan fingerprint density at radius 1 is 0.878 bits per heavy atom. The van der Waals surface area contributed by atoms with Gasteiger partial charge in [0.15, 0.2) is 0 Å². The molecule has 10 unspecified atom stereocenters. The van der Waals surface area contributed by atoms with Crippen molar-refractivity contribution in [3.63, 3.8) is 0 Å². The number of benzene rings is 1. The molecule has 4 nitrogen and oxygen atoms in total. The van der Waals surface area contributed by atoms with Crippen LogP contribution in [0.1, 0.15) is 98.3 Å². The van der Waals surface area contributed by atoms with E-state index in [1.165, 1.54) is 76.7 Å². The summed E-state index contributed by atoms with van der Waals surface area (Å²) in [6.45, 7) is 16.0. The smallest absolute Gasteiger partial charge is 0.119 e. The van der Waals surface area contributed by atoms with Gasteiger partial charge in [0, 0.05) is 18.0 Å². The third-order valence-corrected chi connectivity index (χ3v) is 14.1. The minimum Gasteiger partial charge on any atom is -0.493 e. The van der Waals surface area contributed by atoms with Gasteiger partial charge in [-0.3, -0.25) is 0 Å². The van der Waals surface area contributed by atoms with E-state index in [1.807, 2.05) is 0 Å². The summed E-state index contributed by atoms with van der Waals surface area (Å²) in [5.74, 6) is 5.15. The number of hydrogen-bond donors (Lipinski definition) is 3.